The number of hydrogen-bond acceptors (Lipinski definition) is 4. The standard InChI is InChI=1S/C11H10ClFN2O2/c1-2-8(16)10-14-11(17-15-10)6-4-3-5-7(13)9(6)12/h3-5,8,16H,2H2,1H3. The highest BCUT2D eigenvalue weighted by Crippen LogP contribution is 2.29. The number of benzene rings is 1. The van der Waals surface area contributed by atoms with Gasteiger partial charge in [0.05, 0.1) is 10.6 Å². The van der Waals surface area contributed by atoms with Gasteiger partial charge in [0.2, 0.25) is 5.82 Å². The Hall–Kier alpha value is -1.46. The van der Waals surface area contributed by atoms with Crippen LogP contribution in [0.25, 0.3) is 11.5 Å². The van der Waals surface area contributed by atoms with Crippen LogP contribution in [0.4, 0.5) is 4.39 Å². The summed E-state index contributed by atoms with van der Waals surface area (Å²) in [6.45, 7) is 1.79. The summed E-state index contributed by atoms with van der Waals surface area (Å²) in [5, 5.41) is 13.1. The Morgan fingerprint density at radius 2 is 2.29 bits per heavy atom. The third-order valence-corrected chi connectivity index (χ3v) is 2.69. The minimum absolute atomic E-state index is 0.0753. The SMILES string of the molecule is CCC(O)c1noc(-c2cccc(F)c2Cl)n1. The molecule has 2 aromatic rings. The molecule has 0 saturated carbocycles. The van der Waals surface area contributed by atoms with Crippen molar-refractivity contribution < 1.29 is 14.0 Å². The van der Waals surface area contributed by atoms with Gasteiger partial charge in [0.25, 0.3) is 5.89 Å². The molecule has 1 heterocycles. The number of halogens is 2. The summed E-state index contributed by atoms with van der Waals surface area (Å²) in [4.78, 5) is 3.97. The molecule has 0 amide bonds. The van der Waals surface area contributed by atoms with E-state index in [1.807, 2.05) is 0 Å². The van der Waals surface area contributed by atoms with Crippen LogP contribution in [0.2, 0.25) is 5.02 Å². The molecule has 17 heavy (non-hydrogen) atoms. The van der Waals surface area contributed by atoms with Gasteiger partial charge in [-0.2, -0.15) is 4.98 Å². The smallest absolute Gasteiger partial charge is 0.259 e. The summed E-state index contributed by atoms with van der Waals surface area (Å²) >= 11 is 5.79. The first-order valence-electron chi connectivity index (χ1n) is 5.09. The van der Waals surface area contributed by atoms with E-state index in [0.29, 0.717) is 12.0 Å². The molecule has 4 nitrogen and oxygen atoms in total. The topological polar surface area (TPSA) is 59.2 Å². The van der Waals surface area contributed by atoms with E-state index in [9.17, 15) is 9.50 Å². The molecule has 0 aliphatic rings. The normalized spacial score (nSPS) is 12.7. The highest BCUT2D eigenvalue weighted by molar-refractivity contribution is 6.33. The van der Waals surface area contributed by atoms with Crippen molar-refractivity contribution in [3.05, 3.63) is 34.9 Å². The molecule has 0 aliphatic carbocycles. The Kier molecular flexibility index (Phi) is 3.40. The third kappa shape index (κ3) is 2.30. The van der Waals surface area contributed by atoms with E-state index in [2.05, 4.69) is 10.1 Å². The number of aliphatic hydroxyl groups excluding tert-OH is 1. The average Bonchev–Trinajstić information content (AvgIpc) is 2.81. The van der Waals surface area contributed by atoms with Gasteiger partial charge in [-0.05, 0) is 18.6 Å². The molecule has 1 N–H and O–H groups in total. The Morgan fingerprint density at radius 1 is 1.53 bits per heavy atom. The summed E-state index contributed by atoms with van der Waals surface area (Å²) in [5.41, 5.74) is 0.314. The molecule has 1 unspecified atom stereocenters. The maximum atomic E-state index is 13.2. The summed E-state index contributed by atoms with van der Waals surface area (Å²) in [6, 6.07) is 4.31. The highest BCUT2D eigenvalue weighted by atomic mass is 35.5. The Balaban J connectivity index is 2.40. The zero-order valence-electron chi connectivity index (χ0n) is 9.02. The van der Waals surface area contributed by atoms with Crippen molar-refractivity contribution in [3.63, 3.8) is 0 Å². The van der Waals surface area contributed by atoms with Crippen LogP contribution in [0.3, 0.4) is 0 Å². The Morgan fingerprint density at radius 3 is 3.00 bits per heavy atom. The van der Waals surface area contributed by atoms with Crippen LogP contribution in [0.1, 0.15) is 25.3 Å². The molecule has 0 radical (unpaired) electrons. The van der Waals surface area contributed by atoms with Gasteiger partial charge < -0.3 is 9.63 Å². The molecule has 0 aliphatic heterocycles. The van der Waals surface area contributed by atoms with E-state index in [1.54, 1.807) is 13.0 Å². The zero-order chi connectivity index (χ0) is 12.4. The molecule has 90 valence electrons. The van der Waals surface area contributed by atoms with E-state index >= 15 is 0 Å². The predicted octanol–water partition coefficient (Wildman–Crippen LogP) is 2.97. The molecular formula is C11H10ClFN2O2. The first-order chi connectivity index (χ1) is 8.13. The summed E-state index contributed by atoms with van der Waals surface area (Å²) < 4.78 is 18.2. The molecule has 0 fully saturated rings. The fourth-order valence-electron chi connectivity index (χ4n) is 1.33. The van der Waals surface area contributed by atoms with Gasteiger partial charge in [-0.3, -0.25) is 0 Å². The number of rotatable bonds is 3. The fraction of sp³-hybridized carbons (Fsp3) is 0.273. The summed E-state index contributed by atoms with van der Waals surface area (Å²) in [7, 11) is 0. The second-order valence-electron chi connectivity index (χ2n) is 3.48. The number of nitrogens with zero attached hydrogens (tertiary/aromatic N) is 2. The van der Waals surface area contributed by atoms with Crippen molar-refractivity contribution in [2.45, 2.75) is 19.4 Å². The highest BCUT2D eigenvalue weighted by Gasteiger charge is 2.17. The van der Waals surface area contributed by atoms with Gasteiger partial charge in [0.15, 0.2) is 0 Å². The van der Waals surface area contributed by atoms with Crippen LogP contribution >= 0.6 is 11.6 Å². The van der Waals surface area contributed by atoms with Gasteiger partial charge in [0.1, 0.15) is 11.9 Å². The maximum absolute atomic E-state index is 13.2. The molecule has 2 rings (SSSR count). The van der Waals surface area contributed by atoms with Crippen LogP contribution in [-0.4, -0.2) is 15.2 Å². The van der Waals surface area contributed by atoms with E-state index < -0.39 is 11.9 Å². The lowest BCUT2D eigenvalue weighted by atomic mass is 10.2. The van der Waals surface area contributed by atoms with E-state index in [4.69, 9.17) is 16.1 Å². The van der Waals surface area contributed by atoms with E-state index in [0.717, 1.165) is 0 Å². The van der Waals surface area contributed by atoms with Crippen molar-refractivity contribution in [1.82, 2.24) is 10.1 Å². The van der Waals surface area contributed by atoms with E-state index in [1.165, 1.54) is 12.1 Å². The van der Waals surface area contributed by atoms with Crippen molar-refractivity contribution in [2.75, 3.05) is 0 Å². The van der Waals surface area contributed by atoms with Crippen molar-refractivity contribution >= 4 is 11.6 Å². The van der Waals surface area contributed by atoms with Crippen molar-refractivity contribution in [3.8, 4) is 11.5 Å². The molecule has 1 atom stereocenters. The minimum atomic E-state index is -0.792. The largest absolute Gasteiger partial charge is 0.385 e. The zero-order valence-corrected chi connectivity index (χ0v) is 9.78. The third-order valence-electron chi connectivity index (χ3n) is 2.31. The van der Waals surface area contributed by atoms with Crippen LogP contribution in [-0.2, 0) is 0 Å². The van der Waals surface area contributed by atoms with E-state index in [-0.39, 0.29) is 16.7 Å². The number of hydrogen-bond donors (Lipinski definition) is 1. The monoisotopic (exact) mass is 256 g/mol. The maximum Gasteiger partial charge on any atom is 0.259 e. The number of aromatic nitrogens is 2. The van der Waals surface area contributed by atoms with Crippen LogP contribution in [0, 0.1) is 5.82 Å². The molecule has 0 saturated heterocycles. The quantitative estimate of drug-likeness (QED) is 0.917. The fourth-order valence-corrected chi connectivity index (χ4v) is 1.54. The van der Waals surface area contributed by atoms with Crippen LogP contribution < -0.4 is 0 Å². The van der Waals surface area contributed by atoms with Gasteiger partial charge in [-0.1, -0.05) is 29.7 Å². The number of aliphatic hydroxyl groups is 1. The molecule has 0 spiro atoms. The summed E-state index contributed by atoms with van der Waals surface area (Å²) in [6.07, 6.45) is -0.324. The van der Waals surface area contributed by atoms with Crippen molar-refractivity contribution in [2.24, 2.45) is 0 Å². The molecule has 0 bridgehead atoms. The van der Waals surface area contributed by atoms with Crippen LogP contribution in [0.15, 0.2) is 22.7 Å². The second kappa shape index (κ2) is 4.81. The average molecular weight is 257 g/mol. The molecular weight excluding hydrogens is 247 g/mol. The Bertz CT molecular complexity index is 530. The van der Waals surface area contributed by atoms with Gasteiger partial charge >= 0.3 is 0 Å². The van der Waals surface area contributed by atoms with Crippen LogP contribution in [0.5, 0.6) is 0 Å². The Labute approximate surface area is 102 Å². The van der Waals surface area contributed by atoms with Gasteiger partial charge in [0, 0.05) is 0 Å². The minimum Gasteiger partial charge on any atom is -0.385 e. The lowest BCUT2D eigenvalue weighted by Gasteiger charge is -1.99. The summed E-state index contributed by atoms with van der Waals surface area (Å²) in [5.74, 6) is -0.292. The molecule has 1 aromatic heterocycles. The first-order valence-corrected chi connectivity index (χ1v) is 5.47. The predicted molar refractivity (Wildman–Crippen MR) is 60.0 cm³/mol. The first kappa shape index (κ1) is 12.0. The molecule has 6 heteroatoms. The lowest BCUT2D eigenvalue weighted by molar-refractivity contribution is 0.159. The lowest BCUT2D eigenvalue weighted by Crippen LogP contribution is -1.97. The second-order valence-corrected chi connectivity index (χ2v) is 3.86. The van der Waals surface area contributed by atoms with Gasteiger partial charge in [-0.15, -0.1) is 0 Å². The molecule has 1 aromatic carbocycles. The van der Waals surface area contributed by atoms with Crippen molar-refractivity contribution in [1.29, 1.82) is 0 Å². The van der Waals surface area contributed by atoms with Gasteiger partial charge in [-0.25, -0.2) is 4.39 Å².